The van der Waals surface area contributed by atoms with Crippen molar-refractivity contribution >= 4 is 15.8 Å². The van der Waals surface area contributed by atoms with Gasteiger partial charge in [0.1, 0.15) is 5.82 Å². The lowest BCUT2D eigenvalue weighted by molar-refractivity contribution is 0.598. The summed E-state index contributed by atoms with van der Waals surface area (Å²) in [6, 6.07) is 0. The molecule has 0 fully saturated rings. The lowest BCUT2D eigenvalue weighted by Gasteiger charge is -2.04. The van der Waals surface area contributed by atoms with Crippen molar-refractivity contribution in [3.8, 4) is 0 Å². The molecular formula is C9H13N5O2S. The molecule has 2 heterocycles. The van der Waals surface area contributed by atoms with Crippen LogP contribution in [0.25, 0.3) is 0 Å². The number of aromatic amines is 1. The average Bonchev–Trinajstić information content (AvgIpc) is 2.86. The highest BCUT2D eigenvalue weighted by Gasteiger charge is 2.19. The summed E-state index contributed by atoms with van der Waals surface area (Å²) in [5.74, 6) is 0.387. The first-order chi connectivity index (χ1) is 8.03. The van der Waals surface area contributed by atoms with Crippen LogP contribution in [0.15, 0.2) is 23.7 Å². The van der Waals surface area contributed by atoms with Gasteiger partial charge in [-0.2, -0.15) is 13.5 Å². The van der Waals surface area contributed by atoms with Gasteiger partial charge in [-0.1, -0.05) is 6.92 Å². The van der Waals surface area contributed by atoms with Gasteiger partial charge < -0.3 is 4.57 Å². The summed E-state index contributed by atoms with van der Waals surface area (Å²) < 4.78 is 27.9. The lowest BCUT2D eigenvalue weighted by Crippen LogP contribution is -2.14. The monoisotopic (exact) mass is 255 g/mol. The lowest BCUT2D eigenvalue weighted by atomic mass is 10.3. The maximum Gasteiger partial charge on any atom is 0.282 e. The predicted molar refractivity (Wildman–Crippen MR) is 62.0 cm³/mol. The predicted octanol–water partition coefficient (Wildman–Crippen LogP) is 0.506. The zero-order valence-electron chi connectivity index (χ0n) is 9.51. The molecule has 0 saturated carbocycles. The van der Waals surface area contributed by atoms with E-state index in [1.807, 2.05) is 6.92 Å². The van der Waals surface area contributed by atoms with Crippen molar-refractivity contribution < 1.29 is 8.42 Å². The minimum Gasteiger partial charge on any atom is -0.339 e. The second kappa shape index (κ2) is 4.21. The van der Waals surface area contributed by atoms with Crippen LogP contribution >= 0.6 is 0 Å². The number of H-pyrrole nitrogens is 1. The number of nitrogens with one attached hydrogen (secondary N) is 2. The van der Waals surface area contributed by atoms with E-state index in [2.05, 4.69) is 19.9 Å². The largest absolute Gasteiger partial charge is 0.339 e. The Kier molecular flexibility index (Phi) is 2.88. The number of hydrogen-bond donors (Lipinski definition) is 2. The maximum atomic E-state index is 11.9. The molecule has 0 aliphatic heterocycles. The molecule has 7 nitrogen and oxygen atoms in total. The Bertz CT molecular complexity index is 613. The van der Waals surface area contributed by atoms with Gasteiger partial charge in [0.2, 0.25) is 0 Å². The van der Waals surface area contributed by atoms with Crippen LogP contribution < -0.4 is 4.72 Å². The molecule has 0 spiro atoms. The van der Waals surface area contributed by atoms with Gasteiger partial charge in [-0.05, 0) is 6.42 Å². The Labute approximate surface area is 98.9 Å². The number of anilines is 1. The minimum atomic E-state index is -3.65. The summed E-state index contributed by atoms with van der Waals surface area (Å²) in [6.45, 7) is 1.92. The smallest absolute Gasteiger partial charge is 0.282 e. The van der Waals surface area contributed by atoms with E-state index in [1.54, 1.807) is 17.8 Å². The molecule has 0 atom stereocenters. The summed E-state index contributed by atoms with van der Waals surface area (Å²) in [5.41, 5.74) is 0.810. The third kappa shape index (κ3) is 2.31. The van der Waals surface area contributed by atoms with Crippen molar-refractivity contribution in [3.63, 3.8) is 0 Å². The molecule has 0 amide bonds. The SMILES string of the molecule is CCc1cn[nH]c1NS(=O)(=O)c1cn(C)cn1. The highest BCUT2D eigenvalue weighted by molar-refractivity contribution is 7.92. The van der Waals surface area contributed by atoms with E-state index in [4.69, 9.17) is 0 Å². The van der Waals surface area contributed by atoms with E-state index in [0.717, 1.165) is 5.56 Å². The molecule has 0 radical (unpaired) electrons. The Morgan fingerprint density at radius 3 is 2.88 bits per heavy atom. The van der Waals surface area contributed by atoms with Crippen LogP contribution in [0, 0.1) is 0 Å². The van der Waals surface area contributed by atoms with Gasteiger partial charge in [-0.15, -0.1) is 0 Å². The summed E-state index contributed by atoms with van der Waals surface area (Å²) in [5, 5.41) is 6.40. The third-order valence-electron chi connectivity index (χ3n) is 2.29. The van der Waals surface area contributed by atoms with Gasteiger partial charge in [-0.3, -0.25) is 9.82 Å². The molecule has 8 heteroatoms. The number of rotatable bonds is 4. The molecule has 2 rings (SSSR count). The number of aryl methyl sites for hydroxylation is 2. The summed E-state index contributed by atoms with van der Waals surface area (Å²) in [6.07, 6.45) is 5.15. The molecule has 2 aromatic rings. The highest BCUT2D eigenvalue weighted by Crippen LogP contribution is 2.16. The minimum absolute atomic E-state index is 0.0170. The molecule has 2 N–H and O–H groups in total. The zero-order chi connectivity index (χ0) is 12.5. The number of nitrogens with zero attached hydrogens (tertiary/aromatic N) is 3. The van der Waals surface area contributed by atoms with Crippen molar-refractivity contribution in [1.29, 1.82) is 0 Å². The maximum absolute atomic E-state index is 11.9. The second-order valence-corrected chi connectivity index (χ2v) is 5.24. The first kappa shape index (κ1) is 11.6. The first-order valence-corrected chi connectivity index (χ1v) is 6.54. The van der Waals surface area contributed by atoms with Crippen LogP contribution in [0.2, 0.25) is 0 Å². The molecule has 17 heavy (non-hydrogen) atoms. The molecule has 0 saturated heterocycles. The second-order valence-electron chi connectivity index (χ2n) is 3.61. The molecule has 0 bridgehead atoms. The molecule has 0 aromatic carbocycles. The van der Waals surface area contributed by atoms with Gasteiger partial charge in [0.05, 0.1) is 12.5 Å². The fourth-order valence-electron chi connectivity index (χ4n) is 1.38. The third-order valence-corrected chi connectivity index (χ3v) is 3.53. The van der Waals surface area contributed by atoms with E-state index in [9.17, 15) is 8.42 Å². The number of sulfonamides is 1. The molecule has 92 valence electrons. The Balaban J connectivity index is 2.29. The summed E-state index contributed by atoms with van der Waals surface area (Å²) in [4.78, 5) is 3.80. The van der Waals surface area contributed by atoms with Gasteiger partial charge in [0.25, 0.3) is 10.0 Å². The molecule has 0 unspecified atom stereocenters. The van der Waals surface area contributed by atoms with Gasteiger partial charge in [-0.25, -0.2) is 4.98 Å². The highest BCUT2D eigenvalue weighted by atomic mass is 32.2. The van der Waals surface area contributed by atoms with Gasteiger partial charge in [0, 0.05) is 18.8 Å². The normalized spacial score (nSPS) is 11.6. The van der Waals surface area contributed by atoms with E-state index in [-0.39, 0.29) is 5.03 Å². The van der Waals surface area contributed by atoms with E-state index in [1.165, 1.54) is 12.5 Å². The van der Waals surface area contributed by atoms with E-state index < -0.39 is 10.0 Å². The van der Waals surface area contributed by atoms with Crippen LogP contribution in [0.5, 0.6) is 0 Å². The van der Waals surface area contributed by atoms with Crippen molar-refractivity contribution in [2.45, 2.75) is 18.4 Å². The quantitative estimate of drug-likeness (QED) is 0.832. The molecule has 0 aliphatic rings. The van der Waals surface area contributed by atoms with Crippen LogP contribution in [-0.4, -0.2) is 28.2 Å². The van der Waals surface area contributed by atoms with Crippen molar-refractivity contribution in [2.75, 3.05) is 4.72 Å². The van der Waals surface area contributed by atoms with Gasteiger partial charge in [0.15, 0.2) is 5.03 Å². The number of hydrogen-bond acceptors (Lipinski definition) is 4. The van der Waals surface area contributed by atoms with Crippen LogP contribution in [0.1, 0.15) is 12.5 Å². The van der Waals surface area contributed by atoms with Crippen molar-refractivity contribution in [2.24, 2.45) is 7.05 Å². The van der Waals surface area contributed by atoms with Crippen LogP contribution in [0.3, 0.4) is 0 Å². The Morgan fingerprint density at radius 2 is 2.29 bits per heavy atom. The van der Waals surface area contributed by atoms with Crippen LogP contribution in [0.4, 0.5) is 5.82 Å². The van der Waals surface area contributed by atoms with Gasteiger partial charge >= 0.3 is 0 Å². The van der Waals surface area contributed by atoms with Crippen molar-refractivity contribution in [1.82, 2.24) is 19.7 Å². The fraction of sp³-hybridized carbons (Fsp3) is 0.333. The van der Waals surface area contributed by atoms with Crippen molar-refractivity contribution in [3.05, 3.63) is 24.3 Å². The summed E-state index contributed by atoms with van der Waals surface area (Å²) in [7, 11) is -1.94. The summed E-state index contributed by atoms with van der Waals surface area (Å²) >= 11 is 0. The topological polar surface area (TPSA) is 92.7 Å². The Hall–Kier alpha value is -1.83. The standard InChI is InChI=1S/C9H13N5O2S/c1-3-7-4-11-12-9(7)13-17(15,16)8-5-14(2)6-10-8/h4-6H,3H2,1-2H3,(H2,11,12,13). The van der Waals surface area contributed by atoms with E-state index in [0.29, 0.717) is 12.2 Å². The average molecular weight is 255 g/mol. The number of aromatic nitrogens is 4. The van der Waals surface area contributed by atoms with E-state index >= 15 is 0 Å². The first-order valence-electron chi connectivity index (χ1n) is 5.06. The Morgan fingerprint density at radius 1 is 1.53 bits per heavy atom. The fourth-order valence-corrected chi connectivity index (χ4v) is 2.42. The molecular weight excluding hydrogens is 242 g/mol. The number of imidazole rings is 1. The van der Waals surface area contributed by atoms with Crippen LogP contribution in [-0.2, 0) is 23.5 Å². The molecule has 0 aliphatic carbocycles. The molecule has 2 aromatic heterocycles. The zero-order valence-corrected chi connectivity index (χ0v) is 10.3.